The lowest BCUT2D eigenvalue weighted by Gasteiger charge is -2.26. The van der Waals surface area contributed by atoms with Gasteiger partial charge in [-0.3, -0.25) is 9.59 Å². The number of nitrogen functional groups attached to an aromatic ring is 1. The van der Waals surface area contributed by atoms with E-state index in [9.17, 15) is 9.59 Å². The number of nitrogens with one attached hydrogen (secondary N) is 1. The number of likely N-dealkylation sites (tertiary alicyclic amines) is 1. The van der Waals surface area contributed by atoms with Crippen LogP contribution in [0.15, 0.2) is 18.2 Å². The Morgan fingerprint density at radius 3 is 2.65 bits per heavy atom. The largest absolute Gasteiger partial charge is 0.398 e. The zero-order valence-corrected chi connectivity index (χ0v) is 11.8. The molecule has 0 radical (unpaired) electrons. The van der Waals surface area contributed by atoms with Crippen molar-refractivity contribution in [2.75, 3.05) is 25.4 Å². The SMILES string of the molecule is Cc1c(N)cccc1C(=O)NCC(=O)N1CCCCC1. The molecule has 5 nitrogen and oxygen atoms in total. The van der Waals surface area contributed by atoms with E-state index in [-0.39, 0.29) is 18.4 Å². The standard InChI is InChI=1S/C15H21N3O2/c1-11-12(6-5-7-13(11)16)15(20)17-10-14(19)18-8-3-2-4-9-18/h5-7H,2-4,8-10,16H2,1H3,(H,17,20). The Morgan fingerprint density at radius 2 is 1.95 bits per heavy atom. The van der Waals surface area contributed by atoms with Gasteiger partial charge in [0.05, 0.1) is 6.54 Å². The summed E-state index contributed by atoms with van der Waals surface area (Å²) in [5.41, 5.74) is 7.63. The van der Waals surface area contributed by atoms with Gasteiger partial charge in [0.2, 0.25) is 5.91 Å². The number of anilines is 1. The van der Waals surface area contributed by atoms with Crippen molar-refractivity contribution in [3.8, 4) is 0 Å². The second kappa shape index (κ2) is 6.41. The fourth-order valence-corrected chi connectivity index (χ4v) is 2.41. The Labute approximate surface area is 119 Å². The summed E-state index contributed by atoms with van der Waals surface area (Å²) in [4.78, 5) is 25.9. The Kier molecular flexibility index (Phi) is 4.61. The molecular formula is C15H21N3O2. The number of benzene rings is 1. The maximum Gasteiger partial charge on any atom is 0.252 e. The number of amides is 2. The van der Waals surface area contributed by atoms with E-state index < -0.39 is 0 Å². The lowest BCUT2D eigenvalue weighted by molar-refractivity contribution is -0.130. The second-order valence-corrected chi connectivity index (χ2v) is 5.14. The summed E-state index contributed by atoms with van der Waals surface area (Å²) >= 11 is 0. The number of carbonyl (C=O) groups is 2. The van der Waals surface area contributed by atoms with Crippen LogP contribution in [0, 0.1) is 6.92 Å². The van der Waals surface area contributed by atoms with Crippen LogP contribution in [0.4, 0.5) is 5.69 Å². The third kappa shape index (κ3) is 3.29. The molecule has 1 aliphatic heterocycles. The van der Waals surface area contributed by atoms with E-state index >= 15 is 0 Å². The average molecular weight is 275 g/mol. The summed E-state index contributed by atoms with van der Waals surface area (Å²) in [5, 5.41) is 2.68. The van der Waals surface area contributed by atoms with E-state index in [1.807, 2.05) is 4.90 Å². The van der Waals surface area contributed by atoms with Crippen molar-refractivity contribution in [1.82, 2.24) is 10.2 Å². The molecule has 1 fully saturated rings. The molecule has 1 saturated heterocycles. The zero-order valence-electron chi connectivity index (χ0n) is 11.8. The van der Waals surface area contributed by atoms with Gasteiger partial charge in [0.1, 0.15) is 0 Å². The highest BCUT2D eigenvalue weighted by atomic mass is 16.2. The maximum atomic E-state index is 12.1. The van der Waals surface area contributed by atoms with Crippen molar-refractivity contribution < 1.29 is 9.59 Å². The number of nitrogens with two attached hydrogens (primary N) is 1. The molecule has 1 aliphatic rings. The summed E-state index contributed by atoms with van der Waals surface area (Å²) in [6.45, 7) is 3.45. The van der Waals surface area contributed by atoms with E-state index in [4.69, 9.17) is 5.73 Å². The van der Waals surface area contributed by atoms with E-state index in [0.717, 1.165) is 31.5 Å². The van der Waals surface area contributed by atoms with Crippen LogP contribution in [0.5, 0.6) is 0 Å². The first-order valence-corrected chi connectivity index (χ1v) is 7.00. The molecule has 0 aromatic heterocycles. The minimum atomic E-state index is -0.250. The molecule has 5 heteroatoms. The first-order chi connectivity index (χ1) is 9.59. The molecule has 0 aliphatic carbocycles. The van der Waals surface area contributed by atoms with Gasteiger partial charge < -0.3 is 16.0 Å². The van der Waals surface area contributed by atoms with E-state index in [1.165, 1.54) is 6.42 Å². The van der Waals surface area contributed by atoms with E-state index in [1.54, 1.807) is 25.1 Å². The normalized spacial score (nSPS) is 14.9. The van der Waals surface area contributed by atoms with Crippen LogP contribution in [-0.2, 0) is 4.79 Å². The third-order valence-electron chi connectivity index (χ3n) is 3.73. The number of hydrogen-bond acceptors (Lipinski definition) is 3. The fraction of sp³-hybridized carbons (Fsp3) is 0.467. The van der Waals surface area contributed by atoms with Crippen LogP contribution in [0.25, 0.3) is 0 Å². The van der Waals surface area contributed by atoms with Crippen LogP contribution < -0.4 is 11.1 Å². The molecule has 1 aromatic carbocycles. The number of rotatable bonds is 3. The Morgan fingerprint density at radius 1 is 1.25 bits per heavy atom. The van der Waals surface area contributed by atoms with Crippen LogP contribution in [0.1, 0.15) is 35.2 Å². The van der Waals surface area contributed by atoms with Gasteiger partial charge in [-0.15, -0.1) is 0 Å². The third-order valence-corrected chi connectivity index (χ3v) is 3.73. The summed E-state index contributed by atoms with van der Waals surface area (Å²) in [7, 11) is 0. The monoisotopic (exact) mass is 275 g/mol. The van der Waals surface area contributed by atoms with E-state index in [2.05, 4.69) is 5.32 Å². The minimum Gasteiger partial charge on any atom is -0.398 e. The fourth-order valence-electron chi connectivity index (χ4n) is 2.41. The van der Waals surface area contributed by atoms with Crippen molar-refractivity contribution in [2.24, 2.45) is 0 Å². The van der Waals surface area contributed by atoms with Crippen LogP contribution in [0.3, 0.4) is 0 Å². The molecular weight excluding hydrogens is 254 g/mol. The first kappa shape index (κ1) is 14.4. The van der Waals surface area contributed by atoms with Gasteiger partial charge in [-0.05, 0) is 43.9 Å². The maximum absolute atomic E-state index is 12.1. The highest BCUT2D eigenvalue weighted by molar-refractivity contribution is 5.98. The predicted molar refractivity (Wildman–Crippen MR) is 78.4 cm³/mol. The lowest BCUT2D eigenvalue weighted by Crippen LogP contribution is -2.42. The second-order valence-electron chi connectivity index (χ2n) is 5.14. The van der Waals surface area contributed by atoms with Gasteiger partial charge in [-0.2, -0.15) is 0 Å². The molecule has 1 heterocycles. The molecule has 0 spiro atoms. The molecule has 20 heavy (non-hydrogen) atoms. The number of piperidine rings is 1. The summed E-state index contributed by atoms with van der Waals surface area (Å²) in [6, 6.07) is 5.21. The molecule has 3 N–H and O–H groups in total. The van der Waals surface area contributed by atoms with Gasteiger partial charge in [0.15, 0.2) is 0 Å². The molecule has 2 rings (SSSR count). The highest BCUT2D eigenvalue weighted by Crippen LogP contribution is 2.15. The van der Waals surface area contributed by atoms with Gasteiger partial charge >= 0.3 is 0 Å². The highest BCUT2D eigenvalue weighted by Gasteiger charge is 2.18. The minimum absolute atomic E-state index is 0.0143. The summed E-state index contributed by atoms with van der Waals surface area (Å²) in [5.74, 6) is -0.264. The lowest BCUT2D eigenvalue weighted by atomic mass is 10.1. The van der Waals surface area contributed by atoms with Gasteiger partial charge in [0.25, 0.3) is 5.91 Å². The number of nitrogens with zero attached hydrogens (tertiary/aromatic N) is 1. The summed E-state index contributed by atoms with van der Waals surface area (Å²) < 4.78 is 0. The van der Waals surface area contributed by atoms with Crippen molar-refractivity contribution in [3.05, 3.63) is 29.3 Å². The molecule has 2 amide bonds. The van der Waals surface area contributed by atoms with Gasteiger partial charge in [-0.1, -0.05) is 6.07 Å². The quantitative estimate of drug-likeness (QED) is 0.817. The first-order valence-electron chi connectivity index (χ1n) is 7.00. The molecule has 108 valence electrons. The average Bonchev–Trinajstić information content (AvgIpc) is 2.48. The van der Waals surface area contributed by atoms with Crippen LogP contribution in [0.2, 0.25) is 0 Å². The molecule has 0 saturated carbocycles. The van der Waals surface area contributed by atoms with Crippen LogP contribution >= 0.6 is 0 Å². The molecule has 1 aromatic rings. The van der Waals surface area contributed by atoms with Crippen molar-refractivity contribution in [1.29, 1.82) is 0 Å². The van der Waals surface area contributed by atoms with Crippen molar-refractivity contribution in [3.63, 3.8) is 0 Å². The van der Waals surface area contributed by atoms with Crippen molar-refractivity contribution >= 4 is 17.5 Å². The number of hydrogen-bond donors (Lipinski definition) is 2. The molecule has 0 bridgehead atoms. The Hall–Kier alpha value is -2.04. The molecule has 0 unspecified atom stereocenters. The van der Waals surface area contributed by atoms with Crippen molar-refractivity contribution in [2.45, 2.75) is 26.2 Å². The number of carbonyl (C=O) groups excluding carboxylic acids is 2. The molecule has 0 atom stereocenters. The Bertz CT molecular complexity index is 508. The summed E-state index contributed by atoms with van der Waals surface area (Å²) in [6.07, 6.45) is 3.28. The van der Waals surface area contributed by atoms with Gasteiger partial charge in [-0.25, -0.2) is 0 Å². The predicted octanol–water partition coefficient (Wildman–Crippen LogP) is 1.32. The van der Waals surface area contributed by atoms with Gasteiger partial charge in [0, 0.05) is 24.3 Å². The van der Waals surface area contributed by atoms with Crippen LogP contribution in [-0.4, -0.2) is 36.3 Å². The topological polar surface area (TPSA) is 75.4 Å². The Balaban J connectivity index is 1.91. The smallest absolute Gasteiger partial charge is 0.252 e. The van der Waals surface area contributed by atoms with E-state index in [0.29, 0.717) is 11.3 Å². The zero-order chi connectivity index (χ0) is 14.5.